The Kier molecular flexibility index (Phi) is 13.7. The highest BCUT2D eigenvalue weighted by atomic mass is 16.4. The molecule has 0 radical (unpaired) electrons. The van der Waals surface area contributed by atoms with Crippen molar-refractivity contribution in [3.05, 3.63) is 35.9 Å². The molecule has 0 bridgehead atoms. The number of hydrogen-bond acceptors (Lipinski definition) is 6. The highest BCUT2D eigenvalue weighted by Gasteiger charge is 2.32. The van der Waals surface area contributed by atoms with Crippen molar-refractivity contribution < 1.29 is 24.3 Å². The molecule has 0 fully saturated rings. The molecule has 0 aliphatic carbocycles. The Morgan fingerprint density at radius 2 is 1.47 bits per heavy atom. The highest BCUT2D eigenvalue weighted by molar-refractivity contribution is 5.94. The van der Waals surface area contributed by atoms with Crippen LogP contribution in [0, 0.1) is 11.8 Å². The van der Waals surface area contributed by atoms with Gasteiger partial charge in [-0.2, -0.15) is 0 Å². The summed E-state index contributed by atoms with van der Waals surface area (Å²) >= 11 is 0. The molecule has 0 aliphatic rings. The molecule has 0 spiro atoms. The zero-order valence-corrected chi connectivity index (χ0v) is 21.8. The molecule has 1 aromatic carbocycles. The lowest BCUT2D eigenvalue weighted by atomic mass is 9.99. The van der Waals surface area contributed by atoms with Crippen molar-refractivity contribution >= 4 is 23.7 Å². The molecule has 0 saturated carbocycles. The maximum absolute atomic E-state index is 13.3. The summed E-state index contributed by atoms with van der Waals surface area (Å²) in [5, 5.41) is 17.5. The minimum Gasteiger partial charge on any atom is -0.480 e. The summed E-state index contributed by atoms with van der Waals surface area (Å²) in [6.45, 7) is 7.83. The molecule has 10 nitrogen and oxygen atoms in total. The van der Waals surface area contributed by atoms with Crippen LogP contribution in [0.15, 0.2) is 30.3 Å². The van der Waals surface area contributed by atoms with Crippen molar-refractivity contribution in [3.8, 4) is 0 Å². The first-order chi connectivity index (χ1) is 17.0. The SMILES string of the molecule is CC(C)CC(N)C(=O)NC(Cc1ccccc1)C(=O)NC(C(=O)NC(CCCCN)C(=O)O)C(C)C. The van der Waals surface area contributed by atoms with E-state index in [1.165, 1.54) is 0 Å². The zero-order chi connectivity index (χ0) is 27.3. The smallest absolute Gasteiger partial charge is 0.326 e. The molecular formula is C26H43N5O5. The van der Waals surface area contributed by atoms with E-state index in [2.05, 4.69) is 16.0 Å². The average Bonchev–Trinajstić information content (AvgIpc) is 2.81. The van der Waals surface area contributed by atoms with Crippen LogP contribution in [-0.2, 0) is 25.6 Å². The maximum Gasteiger partial charge on any atom is 0.326 e. The normalized spacial score (nSPS) is 14.6. The Bertz CT molecular complexity index is 846. The van der Waals surface area contributed by atoms with Gasteiger partial charge in [-0.05, 0) is 49.6 Å². The predicted octanol–water partition coefficient (Wildman–Crippen LogP) is 0.927. The van der Waals surface area contributed by atoms with Crippen molar-refractivity contribution in [1.29, 1.82) is 0 Å². The van der Waals surface area contributed by atoms with Gasteiger partial charge in [-0.1, -0.05) is 58.0 Å². The minimum atomic E-state index is -1.15. The average molecular weight is 506 g/mol. The molecule has 0 aromatic heterocycles. The van der Waals surface area contributed by atoms with Crippen LogP contribution in [0.5, 0.6) is 0 Å². The van der Waals surface area contributed by atoms with E-state index in [-0.39, 0.29) is 24.7 Å². The third-order valence-electron chi connectivity index (χ3n) is 5.79. The number of hydrogen-bond donors (Lipinski definition) is 6. The second kappa shape index (κ2) is 15.9. The number of nitrogens with two attached hydrogens (primary N) is 2. The first-order valence-electron chi connectivity index (χ1n) is 12.6. The van der Waals surface area contributed by atoms with Crippen LogP contribution in [0.4, 0.5) is 0 Å². The summed E-state index contributed by atoms with van der Waals surface area (Å²) in [6.07, 6.45) is 2.09. The number of nitrogens with one attached hydrogen (secondary N) is 3. The summed E-state index contributed by atoms with van der Waals surface area (Å²) in [7, 11) is 0. The Morgan fingerprint density at radius 3 is 2.00 bits per heavy atom. The number of aliphatic carboxylic acids is 1. The van der Waals surface area contributed by atoms with Gasteiger partial charge < -0.3 is 32.5 Å². The van der Waals surface area contributed by atoms with Crippen LogP contribution >= 0.6 is 0 Å². The van der Waals surface area contributed by atoms with Gasteiger partial charge in [-0.15, -0.1) is 0 Å². The fourth-order valence-electron chi connectivity index (χ4n) is 3.75. The van der Waals surface area contributed by atoms with E-state index in [0.717, 1.165) is 5.56 Å². The number of unbranched alkanes of at least 4 members (excludes halogenated alkanes) is 1. The van der Waals surface area contributed by atoms with Crippen LogP contribution in [0.2, 0.25) is 0 Å². The van der Waals surface area contributed by atoms with Crippen LogP contribution in [-0.4, -0.2) is 59.5 Å². The topological polar surface area (TPSA) is 177 Å². The molecule has 1 aromatic rings. The van der Waals surface area contributed by atoms with Gasteiger partial charge >= 0.3 is 5.97 Å². The monoisotopic (exact) mass is 505 g/mol. The first kappa shape index (κ1) is 31.1. The largest absolute Gasteiger partial charge is 0.480 e. The summed E-state index contributed by atoms with van der Waals surface area (Å²) in [4.78, 5) is 50.6. The van der Waals surface area contributed by atoms with Crippen LogP contribution in [0.3, 0.4) is 0 Å². The van der Waals surface area contributed by atoms with Crippen molar-refractivity contribution in [2.75, 3.05) is 6.54 Å². The molecule has 0 saturated heterocycles. The van der Waals surface area contributed by atoms with E-state index >= 15 is 0 Å². The fourth-order valence-corrected chi connectivity index (χ4v) is 3.75. The van der Waals surface area contributed by atoms with Gasteiger partial charge in [-0.3, -0.25) is 14.4 Å². The van der Waals surface area contributed by atoms with Gasteiger partial charge in [0.2, 0.25) is 17.7 Å². The number of benzene rings is 1. The molecule has 4 unspecified atom stereocenters. The molecule has 8 N–H and O–H groups in total. The van der Waals surface area contributed by atoms with Gasteiger partial charge in [0.15, 0.2) is 0 Å². The van der Waals surface area contributed by atoms with E-state index in [0.29, 0.717) is 25.8 Å². The van der Waals surface area contributed by atoms with Crippen molar-refractivity contribution in [2.45, 2.75) is 84.0 Å². The van der Waals surface area contributed by atoms with Crippen LogP contribution in [0.25, 0.3) is 0 Å². The van der Waals surface area contributed by atoms with E-state index in [4.69, 9.17) is 11.5 Å². The highest BCUT2D eigenvalue weighted by Crippen LogP contribution is 2.10. The Morgan fingerprint density at radius 1 is 0.861 bits per heavy atom. The Balaban J connectivity index is 3.02. The van der Waals surface area contributed by atoms with Crippen molar-refractivity contribution in [1.82, 2.24) is 16.0 Å². The van der Waals surface area contributed by atoms with Crippen LogP contribution < -0.4 is 27.4 Å². The number of carboxylic acid groups (broad SMARTS) is 1. The van der Waals surface area contributed by atoms with E-state index in [9.17, 15) is 24.3 Å². The molecule has 1 rings (SSSR count). The van der Waals surface area contributed by atoms with Crippen LogP contribution in [0.1, 0.15) is 58.9 Å². The molecule has 0 heterocycles. The number of carbonyl (C=O) groups excluding carboxylic acids is 3. The third kappa shape index (κ3) is 11.2. The molecule has 0 aliphatic heterocycles. The second-order valence-corrected chi connectivity index (χ2v) is 9.90. The Labute approximate surface area is 213 Å². The third-order valence-corrected chi connectivity index (χ3v) is 5.79. The summed E-state index contributed by atoms with van der Waals surface area (Å²) < 4.78 is 0. The minimum absolute atomic E-state index is 0.202. The van der Waals surface area contributed by atoms with E-state index < -0.39 is 47.9 Å². The number of rotatable bonds is 16. The second-order valence-electron chi connectivity index (χ2n) is 9.90. The molecule has 36 heavy (non-hydrogen) atoms. The summed E-state index contributed by atoms with van der Waals surface area (Å²) in [5.41, 5.74) is 12.3. The quantitative estimate of drug-likeness (QED) is 0.181. The number of amides is 3. The molecule has 3 amide bonds. The fraction of sp³-hybridized carbons (Fsp3) is 0.615. The van der Waals surface area contributed by atoms with Gasteiger partial charge in [0, 0.05) is 6.42 Å². The number of carboxylic acids is 1. The lowest BCUT2D eigenvalue weighted by molar-refractivity contribution is -0.142. The standard InChI is InChI=1S/C26H43N5O5/c1-16(2)14-19(28)23(32)30-21(15-18-10-6-5-7-11-18)24(33)31-22(17(3)4)25(34)29-20(26(35)36)12-8-9-13-27/h5-7,10-11,16-17,19-22H,8-9,12-15,27-28H2,1-4H3,(H,29,34)(H,30,32)(H,31,33)(H,35,36). The molecular weight excluding hydrogens is 462 g/mol. The van der Waals surface area contributed by atoms with Gasteiger partial charge in [-0.25, -0.2) is 4.79 Å². The van der Waals surface area contributed by atoms with E-state index in [1.54, 1.807) is 13.8 Å². The molecule has 4 atom stereocenters. The maximum atomic E-state index is 13.3. The zero-order valence-electron chi connectivity index (χ0n) is 21.8. The van der Waals surface area contributed by atoms with Crippen molar-refractivity contribution in [2.24, 2.45) is 23.3 Å². The molecule has 202 valence electrons. The van der Waals surface area contributed by atoms with Gasteiger partial charge in [0.1, 0.15) is 18.1 Å². The van der Waals surface area contributed by atoms with E-state index in [1.807, 2.05) is 44.2 Å². The Hall–Kier alpha value is -2.98. The first-order valence-corrected chi connectivity index (χ1v) is 12.6. The lowest BCUT2D eigenvalue weighted by Crippen LogP contribution is -2.59. The molecule has 10 heteroatoms. The predicted molar refractivity (Wildman–Crippen MR) is 139 cm³/mol. The lowest BCUT2D eigenvalue weighted by Gasteiger charge is -2.27. The van der Waals surface area contributed by atoms with Gasteiger partial charge in [0.05, 0.1) is 6.04 Å². The summed E-state index contributed by atoms with van der Waals surface area (Å²) in [6, 6.07) is 5.37. The van der Waals surface area contributed by atoms with Gasteiger partial charge in [0.25, 0.3) is 0 Å². The van der Waals surface area contributed by atoms with Crippen molar-refractivity contribution in [3.63, 3.8) is 0 Å². The number of carbonyl (C=O) groups is 4. The summed E-state index contributed by atoms with van der Waals surface area (Å²) in [5.74, 6) is -2.87.